The van der Waals surface area contributed by atoms with Crippen LogP contribution in [0.1, 0.15) is 0 Å². The fourth-order valence-corrected chi connectivity index (χ4v) is 0.707. The van der Waals surface area contributed by atoms with Crippen LogP contribution in [0.15, 0.2) is 12.4 Å². The van der Waals surface area contributed by atoms with E-state index in [9.17, 15) is 17.6 Å². The first kappa shape index (κ1) is 11.6. The van der Waals surface area contributed by atoms with Crippen molar-refractivity contribution >= 4 is 5.95 Å². The third kappa shape index (κ3) is 3.66. The van der Waals surface area contributed by atoms with Crippen molar-refractivity contribution in [1.82, 2.24) is 9.97 Å². The number of alkyl halides is 3. The molecular weight excluding hydrogens is 218 g/mol. The standard InChI is InChI=1S/C7H7F4N3O/c8-4-1-12-6(13-2-4)14-3-5(15)7(9,10)11/h1-2,5,15H,3H2,(H,12,13,14). The third-order valence-electron chi connectivity index (χ3n) is 1.45. The minimum Gasteiger partial charge on any atom is -0.382 e. The Kier molecular flexibility index (Phi) is 3.40. The average molecular weight is 225 g/mol. The van der Waals surface area contributed by atoms with Gasteiger partial charge in [-0.15, -0.1) is 0 Å². The number of aliphatic hydroxyl groups is 1. The lowest BCUT2D eigenvalue weighted by Gasteiger charge is -2.14. The summed E-state index contributed by atoms with van der Waals surface area (Å²) in [4.78, 5) is 6.71. The summed E-state index contributed by atoms with van der Waals surface area (Å²) in [5.41, 5.74) is 0. The number of aliphatic hydroxyl groups excluding tert-OH is 1. The van der Waals surface area contributed by atoms with Crippen molar-refractivity contribution < 1.29 is 22.7 Å². The highest BCUT2D eigenvalue weighted by atomic mass is 19.4. The highest BCUT2D eigenvalue weighted by molar-refractivity contribution is 5.22. The van der Waals surface area contributed by atoms with Crippen LogP contribution in [0, 0.1) is 5.82 Å². The first-order valence-corrected chi connectivity index (χ1v) is 3.86. The van der Waals surface area contributed by atoms with Gasteiger partial charge in [-0.3, -0.25) is 0 Å². The second-order valence-electron chi connectivity index (χ2n) is 2.66. The zero-order chi connectivity index (χ0) is 11.5. The molecule has 0 aliphatic rings. The number of nitrogens with one attached hydrogen (secondary N) is 1. The maximum Gasteiger partial charge on any atom is 0.416 e. The molecule has 0 saturated heterocycles. The Hall–Kier alpha value is -1.44. The predicted molar refractivity (Wildman–Crippen MR) is 42.5 cm³/mol. The Morgan fingerprint density at radius 3 is 2.33 bits per heavy atom. The fourth-order valence-electron chi connectivity index (χ4n) is 0.707. The molecule has 0 radical (unpaired) electrons. The third-order valence-corrected chi connectivity index (χ3v) is 1.45. The quantitative estimate of drug-likeness (QED) is 0.752. The molecule has 1 aromatic rings. The van der Waals surface area contributed by atoms with E-state index in [0.717, 1.165) is 12.4 Å². The van der Waals surface area contributed by atoms with E-state index in [1.807, 2.05) is 0 Å². The molecule has 84 valence electrons. The Labute approximate surface area is 82.0 Å². The van der Waals surface area contributed by atoms with E-state index < -0.39 is 24.6 Å². The molecule has 0 fully saturated rings. The second kappa shape index (κ2) is 4.39. The van der Waals surface area contributed by atoms with Crippen LogP contribution in [0.3, 0.4) is 0 Å². The molecule has 1 heterocycles. The van der Waals surface area contributed by atoms with Crippen molar-refractivity contribution in [1.29, 1.82) is 0 Å². The number of nitrogens with zero attached hydrogens (tertiary/aromatic N) is 2. The molecule has 4 nitrogen and oxygen atoms in total. The van der Waals surface area contributed by atoms with Gasteiger partial charge in [-0.2, -0.15) is 13.2 Å². The van der Waals surface area contributed by atoms with E-state index in [2.05, 4.69) is 15.3 Å². The lowest BCUT2D eigenvalue weighted by atomic mass is 10.3. The van der Waals surface area contributed by atoms with E-state index in [-0.39, 0.29) is 5.95 Å². The van der Waals surface area contributed by atoms with Gasteiger partial charge in [0.05, 0.1) is 18.9 Å². The highest BCUT2D eigenvalue weighted by Gasteiger charge is 2.37. The van der Waals surface area contributed by atoms with Crippen molar-refractivity contribution in [3.05, 3.63) is 18.2 Å². The van der Waals surface area contributed by atoms with Gasteiger partial charge < -0.3 is 10.4 Å². The predicted octanol–water partition coefficient (Wildman–Crippen LogP) is 0.951. The summed E-state index contributed by atoms with van der Waals surface area (Å²) in [7, 11) is 0. The molecule has 0 aliphatic carbocycles. The Morgan fingerprint density at radius 1 is 1.33 bits per heavy atom. The number of hydrogen-bond acceptors (Lipinski definition) is 4. The average Bonchev–Trinajstić information content (AvgIpc) is 2.15. The van der Waals surface area contributed by atoms with E-state index >= 15 is 0 Å². The summed E-state index contributed by atoms with van der Waals surface area (Å²) < 4.78 is 47.8. The molecule has 0 amide bonds. The summed E-state index contributed by atoms with van der Waals surface area (Å²) >= 11 is 0. The maximum absolute atomic E-state index is 12.3. The van der Waals surface area contributed by atoms with Crippen LogP contribution >= 0.6 is 0 Å². The summed E-state index contributed by atoms with van der Waals surface area (Å²) in [6, 6.07) is 0. The zero-order valence-corrected chi connectivity index (χ0v) is 7.29. The minimum atomic E-state index is -4.70. The number of rotatable bonds is 3. The normalized spacial score (nSPS) is 13.7. The van der Waals surface area contributed by atoms with Crippen LogP contribution in [0.5, 0.6) is 0 Å². The van der Waals surface area contributed by atoms with Gasteiger partial charge in [0, 0.05) is 0 Å². The Morgan fingerprint density at radius 2 is 1.87 bits per heavy atom. The number of halogens is 4. The van der Waals surface area contributed by atoms with Crippen LogP contribution in [-0.4, -0.2) is 33.9 Å². The Bertz CT molecular complexity index is 313. The fraction of sp³-hybridized carbons (Fsp3) is 0.429. The molecule has 1 unspecified atom stereocenters. The van der Waals surface area contributed by atoms with Crippen molar-refractivity contribution in [3.63, 3.8) is 0 Å². The molecule has 0 saturated carbocycles. The molecule has 15 heavy (non-hydrogen) atoms. The maximum atomic E-state index is 12.3. The SMILES string of the molecule is OC(CNc1ncc(F)cn1)C(F)(F)F. The monoisotopic (exact) mass is 225 g/mol. The topological polar surface area (TPSA) is 58.0 Å². The summed E-state index contributed by atoms with van der Waals surface area (Å²) in [5, 5.41) is 10.7. The summed E-state index contributed by atoms with van der Waals surface area (Å²) in [6.07, 6.45) is -5.61. The van der Waals surface area contributed by atoms with E-state index in [1.165, 1.54) is 0 Å². The smallest absolute Gasteiger partial charge is 0.382 e. The van der Waals surface area contributed by atoms with Crippen molar-refractivity contribution in [2.24, 2.45) is 0 Å². The zero-order valence-electron chi connectivity index (χ0n) is 7.29. The molecule has 0 aliphatic heterocycles. The van der Waals surface area contributed by atoms with Gasteiger partial charge in [0.2, 0.25) is 5.95 Å². The van der Waals surface area contributed by atoms with E-state index in [0.29, 0.717) is 0 Å². The molecule has 1 rings (SSSR count). The van der Waals surface area contributed by atoms with Gasteiger partial charge in [0.15, 0.2) is 11.9 Å². The van der Waals surface area contributed by atoms with Crippen LogP contribution < -0.4 is 5.32 Å². The molecular formula is C7H7F4N3O. The van der Waals surface area contributed by atoms with Gasteiger partial charge >= 0.3 is 6.18 Å². The molecule has 1 atom stereocenters. The number of aromatic nitrogens is 2. The summed E-state index contributed by atoms with van der Waals surface area (Å²) in [5.74, 6) is -0.878. The van der Waals surface area contributed by atoms with Crippen molar-refractivity contribution in [3.8, 4) is 0 Å². The van der Waals surface area contributed by atoms with Crippen LogP contribution in [0.25, 0.3) is 0 Å². The minimum absolute atomic E-state index is 0.181. The van der Waals surface area contributed by atoms with Crippen LogP contribution in [0.4, 0.5) is 23.5 Å². The first-order valence-electron chi connectivity index (χ1n) is 3.86. The van der Waals surface area contributed by atoms with E-state index in [1.54, 1.807) is 0 Å². The molecule has 0 aromatic carbocycles. The Balaban J connectivity index is 2.47. The summed E-state index contributed by atoms with van der Waals surface area (Å²) in [6.45, 7) is -0.783. The highest BCUT2D eigenvalue weighted by Crippen LogP contribution is 2.19. The lowest BCUT2D eigenvalue weighted by Crippen LogP contribution is -2.35. The van der Waals surface area contributed by atoms with Gasteiger partial charge in [0.1, 0.15) is 0 Å². The molecule has 0 bridgehead atoms. The lowest BCUT2D eigenvalue weighted by molar-refractivity contribution is -0.198. The largest absolute Gasteiger partial charge is 0.416 e. The number of anilines is 1. The van der Waals surface area contributed by atoms with Gasteiger partial charge in [0.25, 0.3) is 0 Å². The van der Waals surface area contributed by atoms with Gasteiger partial charge in [-0.25, -0.2) is 14.4 Å². The molecule has 8 heteroatoms. The first-order chi connectivity index (χ1) is 6.89. The molecule has 0 spiro atoms. The number of hydrogen-bond donors (Lipinski definition) is 2. The van der Waals surface area contributed by atoms with Crippen molar-refractivity contribution in [2.45, 2.75) is 12.3 Å². The van der Waals surface area contributed by atoms with Crippen LogP contribution in [0.2, 0.25) is 0 Å². The van der Waals surface area contributed by atoms with E-state index in [4.69, 9.17) is 5.11 Å². The van der Waals surface area contributed by atoms with Crippen LogP contribution in [-0.2, 0) is 0 Å². The van der Waals surface area contributed by atoms with Gasteiger partial charge in [-0.1, -0.05) is 0 Å². The van der Waals surface area contributed by atoms with Crippen molar-refractivity contribution in [2.75, 3.05) is 11.9 Å². The second-order valence-corrected chi connectivity index (χ2v) is 2.66. The molecule has 1 aromatic heterocycles. The van der Waals surface area contributed by atoms with Gasteiger partial charge in [-0.05, 0) is 0 Å². The molecule has 2 N–H and O–H groups in total.